The minimum Gasteiger partial charge on any atom is -0.342 e. The Balaban J connectivity index is 1.79. The number of halogens is 6. The molecule has 0 spiro atoms. The first-order valence-corrected chi connectivity index (χ1v) is 8.80. The van der Waals surface area contributed by atoms with Crippen LogP contribution in [-0.2, 0) is 28.5 Å². The molecule has 1 atom stereocenters. The lowest BCUT2D eigenvalue weighted by Crippen LogP contribution is -2.35. The fourth-order valence-electron chi connectivity index (χ4n) is 3.62. The summed E-state index contributed by atoms with van der Waals surface area (Å²) in [5.41, 5.74) is -3.12. The third-order valence-corrected chi connectivity index (χ3v) is 5.00. The molecule has 0 bridgehead atoms. The molecule has 2 fully saturated rings. The van der Waals surface area contributed by atoms with E-state index >= 15 is 0 Å². The number of carbonyl (C=O) groups excluding carboxylic acids is 2. The van der Waals surface area contributed by atoms with Crippen molar-refractivity contribution in [3.63, 3.8) is 0 Å². The van der Waals surface area contributed by atoms with E-state index in [0.29, 0.717) is 25.2 Å². The Morgan fingerprint density at radius 2 is 1.50 bits per heavy atom. The zero-order chi connectivity index (χ0) is 20.7. The SMILES string of the molecule is O=C1C[C@@H](C(=O)N2CCCC2)CN1Cc1cc(C(F)(F)F)cc(C(F)(F)F)c1. The Hall–Kier alpha value is -2.26. The molecule has 0 aromatic heterocycles. The van der Waals surface area contributed by atoms with Gasteiger partial charge in [-0.15, -0.1) is 0 Å². The molecule has 2 heterocycles. The van der Waals surface area contributed by atoms with Crippen molar-refractivity contribution >= 4 is 11.8 Å². The van der Waals surface area contributed by atoms with Gasteiger partial charge in [-0.1, -0.05) is 0 Å². The largest absolute Gasteiger partial charge is 0.416 e. The average molecular weight is 408 g/mol. The highest BCUT2D eigenvalue weighted by atomic mass is 19.4. The Morgan fingerprint density at radius 1 is 0.964 bits per heavy atom. The lowest BCUT2D eigenvalue weighted by molar-refractivity contribution is -0.143. The molecule has 2 aliphatic rings. The summed E-state index contributed by atoms with van der Waals surface area (Å²) < 4.78 is 77.8. The third kappa shape index (κ3) is 4.41. The lowest BCUT2D eigenvalue weighted by atomic mass is 10.0. The number of hydrogen-bond acceptors (Lipinski definition) is 2. The van der Waals surface area contributed by atoms with Crippen molar-refractivity contribution in [1.82, 2.24) is 9.80 Å². The maximum atomic E-state index is 13.0. The van der Waals surface area contributed by atoms with E-state index < -0.39 is 41.8 Å². The summed E-state index contributed by atoms with van der Waals surface area (Å²) in [4.78, 5) is 27.4. The van der Waals surface area contributed by atoms with Crippen LogP contribution in [0.5, 0.6) is 0 Å². The number of alkyl halides is 6. The van der Waals surface area contributed by atoms with E-state index in [4.69, 9.17) is 0 Å². The van der Waals surface area contributed by atoms with E-state index in [1.54, 1.807) is 4.90 Å². The van der Waals surface area contributed by atoms with Crippen molar-refractivity contribution in [3.8, 4) is 0 Å². The molecule has 2 saturated heterocycles. The molecule has 4 nitrogen and oxygen atoms in total. The van der Waals surface area contributed by atoms with Crippen LogP contribution in [0, 0.1) is 5.92 Å². The van der Waals surface area contributed by atoms with Crippen LogP contribution in [0.2, 0.25) is 0 Å². The summed E-state index contributed by atoms with van der Waals surface area (Å²) in [5.74, 6) is -1.25. The van der Waals surface area contributed by atoms with Gasteiger partial charge < -0.3 is 9.80 Å². The van der Waals surface area contributed by atoms with Crippen molar-refractivity contribution < 1.29 is 35.9 Å². The van der Waals surface area contributed by atoms with E-state index in [2.05, 4.69) is 0 Å². The van der Waals surface area contributed by atoms with E-state index in [1.807, 2.05) is 0 Å². The maximum absolute atomic E-state index is 13.0. The van der Waals surface area contributed by atoms with Gasteiger partial charge in [-0.2, -0.15) is 26.3 Å². The van der Waals surface area contributed by atoms with E-state index in [0.717, 1.165) is 17.7 Å². The molecule has 0 N–H and O–H groups in total. The van der Waals surface area contributed by atoms with Crippen LogP contribution >= 0.6 is 0 Å². The van der Waals surface area contributed by atoms with Gasteiger partial charge in [-0.25, -0.2) is 0 Å². The van der Waals surface area contributed by atoms with Crippen LogP contribution in [-0.4, -0.2) is 41.2 Å². The minimum absolute atomic E-state index is 0.00817. The van der Waals surface area contributed by atoms with E-state index in [9.17, 15) is 35.9 Å². The smallest absolute Gasteiger partial charge is 0.342 e. The number of benzene rings is 1. The summed E-state index contributed by atoms with van der Waals surface area (Å²) in [6.45, 7) is 0.791. The molecule has 3 rings (SSSR count). The zero-order valence-corrected chi connectivity index (χ0v) is 14.7. The topological polar surface area (TPSA) is 40.6 Å². The van der Waals surface area contributed by atoms with E-state index in [-0.39, 0.29) is 30.5 Å². The number of amides is 2. The Morgan fingerprint density at radius 3 is 2.00 bits per heavy atom. The number of nitrogens with zero attached hydrogens (tertiary/aromatic N) is 2. The zero-order valence-electron chi connectivity index (χ0n) is 14.7. The van der Waals surface area contributed by atoms with Gasteiger partial charge in [0, 0.05) is 32.6 Å². The van der Waals surface area contributed by atoms with Gasteiger partial charge in [-0.3, -0.25) is 9.59 Å². The van der Waals surface area contributed by atoms with Crippen LogP contribution in [0.3, 0.4) is 0 Å². The fraction of sp³-hybridized carbons (Fsp3) is 0.556. The maximum Gasteiger partial charge on any atom is 0.416 e. The van der Waals surface area contributed by atoms with Crippen LogP contribution in [0.15, 0.2) is 18.2 Å². The molecule has 0 radical (unpaired) electrons. The normalized spacial score (nSPS) is 20.9. The predicted molar refractivity (Wildman–Crippen MR) is 85.8 cm³/mol. The number of hydrogen-bond donors (Lipinski definition) is 0. The van der Waals surface area contributed by atoms with Crippen molar-refractivity contribution in [2.24, 2.45) is 5.92 Å². The molecule has 28 heavy (non-hydrogen) atoms. The molecule has 154 valence electrons. The molecular formula is C18H18F6N2O2. The quantitative estimate of drug-likeness (QED) is 0.716. The third-order valence-electron chi connectivity index (χ3n) is 5.00. The predicted octanol–water partition coefficient (Wildman–Crippen LogP) is 3.70. The Labute approximate surface area is 157 Å². The van der Waals surface area contributed by atoms with Gasteiger partial charge >= 0.3 is 12.4 Å². The number of carbonyl (C=O) groups is 2. The molecule has 0 saturated carbocycles. The molecule has 1 aromatic rings. The summed E-state index contributed by atoms with van der Waals surface area (Å²) in [5, 5.41) is 0. The first-order chi connectivity index (χ1) is 12.9. The van der Waals surface area contributed by atoms with Crippen LogP contribution in [0.4, 0.5) is 26.3 Å². The summed E-state index contributed by atoms with van der Waals surface area (Å²) in [7, 11) is 0. The highest BCUT2D eigenvalue weighted by Crippen LogP contribution is 2.37. The van der Waals surface area contributed by atoms with Gasteiger partial charge in [0.2, 0.25) is 11.8 Å². The average Bonchev–Trinajstić information content (AvgIpc) is 3.23. The van der Waals surface area contributed by atoms with Crippen molar-refractivity contribution in [2.45, 2.75) is 38.2 Å². The van der Waals surface area contributed by atoms with Gasteiger partial charge in [0.1, 0.15) is 0 Å². The van der Waals surface area contributed by atoms with Crippen LogP contribution < -0.4 is 0 Å². The summed E-state index contributed by atoms with van der Waals surface area (Å²) >= 11 is 0. The first kappa shape index (κ1) is 20.5. The second-order valence-electron chi connectivity index (χ2n) is 7.12. The van der Waals surface area contributed by atoms with Gasteiger partial charge in [0.05, 0.1) is 17.0 Å². The molecule has 0 aliphatic carbocycles. The first-order valence-electron chi connectivity index (χ1n) is 8.80. The molecule has 2 aliphatic heterocycles. The van der Waals surface area contributed by atoms with Gasteiger partial charge in [0.15, 0.2) is 0 Å². The molecular weight excluding hydrogens is 390 g/mol. The van der Waals surface area contributed by atoms with Crippen LogP contribution in [0.1, 0.15) is 36.0 Å². The highest BCUT2D eigenvalue weighted by molar-refractivity contribution is 5.89. The van der Waals surface area contributed by atoms with E-state index in [1.165, 1.54) is 0 Å². The number of rotatable bonds is 3. The van der Waals surface area contributed by atoms with Gasteiger partial charge in [0.25, 0.3) is 0 Å². The van der Waals surface area contributed by atoms with Gasteiger partial charge in [-0.05, 0) is 36.6 Å². The number of likely N-dealkylation sites (tertiary alicyclic amines) is 2. The molecule has 0 unspecified atom stereocenters. The fourth-order valence-corrected chi connectivity index (χ4v) is 3.62. The lowest BCUT2D eigenvalue weighted by Gasteiger charge is -2.21. The summed E-state index contributed by atoms with van der Waals surface area (Å²) in [6, 6.07) is 1.27. The monoisotopic (exact) mass is 408 g/mol. The van der Waals surface area contributed by atoms with Crippen molar-refractivity contribution in [1.29, 1.82) is 0 Å². The van der Waals surface area contributed by atoms with Crippen molar-refractivity contribution in [2.75, 3.05) is 19.6 Å². The molecule has 2 amide bonds. The molecule has 1 aromatic carbocycles. The minimum atomic E-state index is -4.95. The summed E-state index contributed by atoms with van der Waals surface area (Å²) in [6.07, 6.45) is -8.22. The second-order valence-corrected chi connectivity index (χ2v) is 7.12. The highest BCUT2D eigenvalue weighted by Gasteiger charge is 2.39. The molecule has 10 heteroatoms. The van der Waals surface area contributed by atoms with Crippen LogP contribution in [0.25, 0.3) is 0 Å². The Kier molecular flexibility index (Phi) is 5.33. The standard InChI is InChI=1S/C18H18F6N2O2/c19-17(20,21)13-5-11(6-14(8-13)18(22,23)24)9-26-10-12(7-15(26)27)16(28)25-3-1-2-4-25/h5-6,8,12H,1-4,7,9-10H2/t12-/m1/s1. The Bertz CT molecular complexity index is 736. The second kappa shape index (κ2) is 7.29. The van der Waals surface area contributed by atoms with Crippen molar-refractivity contribution in [3.05, 3.63) is 34.9 Å².